The highest BCUT2D eigenvalue weighted by Crippen LogP contribution is 2.31. The molecule has 1 aromatic heterocycles. The highest BCUT2D eigenvalue weighted by atomic mass is 16.6. The number of aromatic nitrogens is 1. The zero-order chi connectivity index (χ0) is 18.0. The van der Waals surface area contributed by atoms with Gasteiger partial charge in [-0.25, -0.2) is 4.98 Å². The molecule has 3 rings (SSSR count). The molecular weight excluding hydrogens is 316 g/mol. The molecular formula is C19H26N4O2. The molecule has 0 saturated carbocycles. The molecule has 2 aromatic rings. The predicted octanol–water partition coefficient (Wildman–Crippen LogP) is 3.98. The van der Waals surface area contributed by atoms with Gasteiger partial charge in [0.1, 0.15) is 0 Å². The Morgan fingerprint density at radius 2 is 2.08 bits per heavy atom. The maximum absolute atomic E-state index is 11.3. The van der Waals surface area contributed by atoms with Gasteiger partial charge in [0.15, 0.2) is 5.52 Å². The van der Waals surface area contributed by atoms with Crippen LogP contribution in [0.3, 0.4) is 0 Å². The van der Waals surface area contributed by atoms with Gasteiger partial charge in [-0.1, -0.05) is 26.0 Å². The largest absolute Gasteiger partial charge is 0.382 e. The maximum atomic E-state index is 11.3. The van der Waals surface area contributed by atoms with E-state index >= 15 is 0 Å². The second kappa shape index (κ2) is 7.35. The van der Waals surface area contributed by atoms with Crippen LogP contribution in [0.5, 0.6) is 0 Å². The highest BCUT2D eigenvalue weighted by Gasteiger charge is 2.21. The third-order valence-electron chi connectivity index (χ3n) is 4.71. The number of aryl methyl sites for hydroxylation is 1. The molecule has 0 amide bonds. The van der Waals surface area contributed by atoms with Crippen LogP contribution < -0.4 is 5.32 Å². The molecule has 1 saturated heterocycles. The molecule has 25 heavy (non-hydrogen) atoms. The number of anilines is 1. The van der Waals surface area contributed by atoms with Crippen LogP contribution in [0.1, 0.15) is 32.4 Å². The van der Waals surface area contributed by atoms with Gasteiger partial charge in [0.2, 0.25) is 0 Å². The topological polar surface area (TPSA) is 71.3 Å². The third kappa shape index (κ3) is 4.07. The zero-order valence-electron chi connectivity index (χ0n) is 15.2. The Labute approximate surface area is 148 Å². The zero-order valence-corrected chi connectivity index (χ0v) is 15.2. The van der Waals surface area contributed by atoms with Crippen LogP contribution in [0.25, 0.3) is 10.9 Å². The van der Waals surface area contributed by atoms with E-state index in [0.29, 0.717) is 17.5 Å². The van der Waals surface area contributed by atoms with Gasteiger partial charge in [0, 0.05) is 48.5 Å². The minimum absolute atomic E-state index is 0.0657. The van der Waals surface area contributed by atoms with E-state index in [9.17, 15) is 10.1 Å². The first-order valence-corrected chi connectivity index (χ1v) is 8.97. The van der Waals surface area contributed by atoms with E-state index < -0.39 is 0 Å². The van der Waals surface area contributed by atoms with E-state index in [0.717, 1.165) is 49.2 Å². The fraction of sp³-hybridized carbons (Fsp3) is 0.526. The summed E-state index contributed by atoms with van der Waals surface area (Å²) >= 11 is 0. The second-order valence-corrected chi connectivity index (χ2v) is 7.35. The number of nitro groups is 1. The van der Waals surface area contributed by atoms with Crippen molar-refractivity contribution in [2.24, 2.45) is 5.92 Å². The first-order chi connectivity index (χ1) is 11.9. The maximum Gasteiger partial charge on any atom is 0.295 e. The number of para-hydroxylation sites is 1. The predicted molar refractivity (Wildman–Crippen MR) is 101 cm³/mol. The van der Waals surface area contributed by atoms with Gasteiger partial charge in [-0.15, -0.1) is 0 Å². The van der Waals surface area contributed by atoms with Crippen molar-refractivity contribution in [3.05, 3.63) is 40.1 Å². The number of piperidine rings is 1. The number of likely N-dealkylation sites (tertiary alicyclic amines) is 1. The van der Waals surface area contributed by atoms with Crippen molar-refractivity contribution < 1.29 is 4.92 Å². The molecule has 0 radical (unpaired) electrons. The number of hydrogen-bond acceptors (Lipinski definition) is 5. The summed E-state index contributed by atoms with van der Waals surface area (Å²) in [7, 11) is 0. The van der Waals surface area contributed by atoms with E-state index in [-0.39, 0.29) is 10.6 Å². The van der Waals surface area contributed by atoms with Crippen LogP contribution in [-0.2, 0) is 0 Å². The molecule has 2 heterocycles. The van der Waals surface area contributed by atoms with Gasteiger partial charge < -0.3 is 10.2 Å². The molecule has 6 nitrogen and oxygen atoms in total. The van der Waals surface area contributed by atoms with Gasteiger partial charge in [-0.3, -0.25) is 10.1 Å². The van der Waals surface area contributed by atoms with Crippen molar-refractivity contribution in [1.29, 1.82) is 0 Å². The minimum atomic E-state index is -0.358. The van der Waals surface area contributed by atoms with Gasteiger partial charge in [-0.2, -0.15) is 0 Å². The van der Waals surface area contributed by atoms with E-state index in [1.54, 1.807) is 6.07 Å². The third-order valence-corrected chi connectivity index (χ3v) is 4.71. The number of hydrogen-bond donors (Lipinski definition) is 1. The lowest BCUT2D eigenvalue weighted by Crippen LogP contribution is -2.40. The van der Waals surface area contributed by atoms with Gasteiger partial charge in [-0.05, 0) is 31.7 Å². The van der Waals surface area contributed by atoms with Gasteiger partial charge in [0.05, 0.1) is 4.92 Å². The van der Waals surface area contributed by atoms with Crippen molar-refractivity contribution in [2.45, 2.75) is 39.7 Å². The first-order valence-electron chi connectivity index (χ1n) is 8.97. The minimum Gasteiger partial charge on any atom is -0.382 e. The molecule has 0 atom stereocenters. The normalized spacial score (nSPS) is 16.5. The summed E-state index contributed by atoms with van der Waals surface area (Å²) in [6, 6.07) is 7.54. The molecule has 0 spiro atoms. The summed E-state index contributed by atoms with van der Waals surface area (Å²) in [6.45, 7) is 9.73. The lowest BCUT2D eigenvalue weighted by atomic mass is 10.0. The summed E-state index contributed by atoms with van der Waals surface area (Å²) in [4.78, 5) is 17.9. The van der Waals surface area contributed by atoms with Crippen molar-refractivity contribution in [2.75, 3.05) is 25.0 Å². The van der Waals surface area contributed by atoms with Gasteiger partial charge in [0.25, 0.3) is 5.69 Å². The Bertz CT molecular complexity index is 767. The first kappa shape index (κ1) is 17.6. The Morgan fingerprint density at radius 3 is 2.72 bits per heavy atom. The fourth-order valence-corrected chi connectivity index (χ4v) is 3.62. The average Bonchev–Trinajstić information content (AvgIpc) is 2.55. The monoisotopic (exact) mass is 342 g/mol. The summed E-state index contributed by atoms with van der Waals surface area (Å²) in [5, 5.41) is 15.7. The second-order valence-electron chi connectivity index (χ2n) is 7.35. The molecule has 1 aliphatic rings. The number of pyridine rings is 1. The van der Waals surface area contributed by atoms with Crippen LogP contribution in [0.2, 0.25) is 0 Å². The smallest absolute Gasteiger partial charge is 0.295 e. The summed E-state index contributed by atoms with van der Waals surface area (Å²) < 4.78 is 0. The van der Waals surface area contributed by atoms with Crippen LogP contribution >= 0.6 is 0 Å². The molecule has 0 aliphatic carbocycles. The number of nitrogens with zero attached hydrogens (tertiary/aromatic N) is 3. The van der Waals surface area contributed by atoms with Crippen LogP contribution in [-0.4, -0.2) is 40.5 Å². The Kier molecular flexibility index (Phi) is 5.18. The lowest BCUT2D eigenvalue weighted by molar-refractivity contribution is -0.383. The Morgan fingerprint density at radius 1 is 1.36 bits per heavy atom. The number of non-ortho nitro benzene ring substituents is 1. The number of nitro benzene ring substituents is 1. The van der Waals surface area contributed by atoms with Gasteiger partial charge >= 0.3 is 0 Å². The standard InChI is InChI=1S/C19H26N4O2/c1-13(2)12-22-9-7-15(8-10-22)21-17-11-14(3)20-19-16(17)5-4-6-18(19)23(24)25/h4-6,11,13,15H,7-10,12H2,1-3H3,(H,20,21). The lowest BCUT2D eigenvalue weighted by Gasteiger charge is -2.34. The summed E-state index contributed by atoms with van der Waals surface area (Å²) in [6.07, 6.45) is 2.18. The molecule has 1 fully saturated rings. The summed E-state index contributed by atoms with van der Waals surface area (Å²) in [5.41, 5.74) is 2.28. The Balaban J connectivity index is 1.80. The molecule has 0 unspecified atom stereocenters. The average molecular weight is 342 g/mol. The van der Waals surface area contributed by atoms with E-state index in [4.69, 9.17) is 0 Å². The number of fused-ring (bicyclic) bond motifs is 1. The quantitative estimate of drug-likeness (QED) is 0.657. The molecule has 134 valence electrons. The van der Waals surface area contributed by atoms with Crippen molar-refractivity contribution >= 4 is 22.3 Å². The summed E-state index contributed by atoms with van der Waals surface area (Å²) in [5.74, 6) is 0.692. The van der Waals surface area contributed by atoms with Crippen LogP contribution in [0.15, 0.2) is 24.3 Å². The van der Waals surface area contributed by atoms with Crippen LogP contribution in [0, 0.1) is 23.0 Å². The van der Waals surface area contributed by atoms with Crippen molar-refractivity contribution in [3.8, 4) is 0 Å². The SMILES string of the molecule is Cc1cc(NC2CCN(CC(C)C)CC2)c2cccc([N+](=O)[O-])c2n1. The van der Waals surface area contributed by atoms with Crippen molar-refractivity contribution in [3.63, 3.8) is 0 Å². The van der Waals surface area contributed by atoms with E-state index in [1.807, 2.05) is 19.1 Å². The molecule has 1 aromatic carbocycles. The molecule has 1 N–H and O–H groups in total. The number of nitrogens with one attached hydrogen (secondary N) is 1. The van der Waals surface area contributed by atoms with Crippen LogP contribution in [0.4, 0.5) is 11.4 Å². The number of rotatable bonds is 5. The van der Waals surface area contributed by atoms with Crippen molar-refractivity contribution in [1.82, 2.24) is 9.88 Å². The number of benzene rings is 1. The fourth-order valence-electron chi connectivity index (χ4n) is 3.62. The Hall–Kier alpha value is -2.21. The molecule has 1 aliphatic heterocycles. The highest BCUT2D eigenvalue weighted by molar-refractivity contribution is 5.96. The molecule has 0 bridgehead atoms. The molecule has 6 heteroatoms. The van der Waals surface area contributed by atoms with E-state index in [2.05, 4.69) is 29.0 Å². The van der Waals surface area contributed by atoms with E-state index in [1.165, 1.54) is 6.07 Å².